The largest absolute Gasteiger partial charge is 0.468 e. The van der Waals surface area contributed by atoms with Gasteiger partial charge in [0.15, 0.2) is 0 Å². The highest BCUT2D eigenvalue weighted by molar-refractivity contribution is 5.79. The van der Waals surface area contributed by atoms with Crippen LogP contribution in [0.5, 0.6) is 0 Å². The zero-order valence-corrected chi connectivity index (χ0v) is 8.46. The van der Waals surface area contributed by atoms with Crippen LogP contribution in [0.15, 0.2) is 0 Å². The minimum Gasteiger partial charge on any atom is -0.468 e. The summed E-state index contributed by atoms with van der Waals surface area (Å²) in [6.45, 7) is 3.64. The summed E-state index contributed by atoms with van der Waals surface area (Å²) in [5.41, 5.74) is 5.04. The van der Waals surface area contributed by atoms with Crippen LogP contribution in [-0.4, -0.2) is 30.7 Å². The Kier molecular flexibility index (Phi) is 2.93. The maximum atomic E-state index is 11.3. The fraction of sp³-hybridized carbons (Fsp3) is 0.889. The number of ether oxygens (including phenoxy) is 1. The lowest BCUT2D eigenvalue weighted by molar-refractivity contribution is -0.147. The van der Waals surface area contributed by atoms with Crippen molar-refractivity contribution in [2.24, 2.45) is 5.73 Å². The van der Waals surface area contributed by atoms with Crippen molar-refractivity contribution in [1.29, 1.82) is 0 Å². The van der Waals surface area contributed by atoms with Gasteiger partial charge in [-0.25, -0.2) is 0 Å². The normalized spacial score (nSPS) is 28.0. The average Bonchev–Trinajstić information content (AvgIpc) is 1.99. The molecule has 76 valence electrons. The first kappa shape index (κ1) is 10.5. The molecule has 3 N–H and O–H groups in total. The van der Waals surface area contributed by atoms with Crippen LogP contribution in [0.1, 0.15) is 26.7 Å². The van der Waals surface area contributed by atoms with Crippen LogP contribution in [0.3, 0.4) is 0 Å². The highest BCUT2D eigenvalue weighted by atomic mass is 16.5. The van der Waals surface area contributed by atoms with Crippen LogP contribution in [0.2, 0.25) is 0 Å². The summed E-state index contributed by atoms with van der Waals surface area (Å²) >= 11 is 0. The van der Waals surface area contributed by atoms with E-state index in [1.165, 1.54) is 7.11 Å². The first-order valence-electron chi connectivity index (χ1n) is 4.57. The van der Waals surface area contributed by atoms with E-state index in [1.54, 1.807) is 0 Å². The Morgan fingerprint density at radius 2 is 2.08 bits per heavy atom. The highest BCUT2D eigenvalue weighted by Gasteiger charge is 2.35. The van der Waals surface area contributed by atoms with Gasteiger partial charge in [-0.3, -0.25) is 10.1 Å². The van der Waals surface area contributed by atoms with Crippen molar-refractivity contribution in [3.05, 3.63) is 0 Å². The van der Waals surface area contributed by atoms with E-state index < -0.39 is 5.54 Å². The number of nitrogens with one attached hydrogen (secondary N) is 1. The molecular weight excluding hydrogens is 168 g/mol. The summed E-state index contributed by atoms with van der Waals surface area (Å²) in [6, 6.07) is 0.662. The number of hydrogen-bond acceptors (Lipinski definition) is 4. The van der Waals surface area contributed by atoms with Crippen LogP contribution in [0, 0.1) is 0 Å². The molecule has 0 aliphatic heterocycles. The first-order valence-corrected chi connectivity index (χ1v) is 4.57. The van der Waals surface area contributed by atoms with Crippen LogP contribution < -0.4 is 11.1 Å². The van der Waals surface area contributed by atoms with E-state index in [9.17, 15) is 4.79 Å². The standard InChI is InChI=1S/C9H18N2O2/c1-9(2,8(12)13-3)11-7-4-6(10)5-7/h6-7,11H,4-5,10H2,1-3H3. The third-order valence-corrected chi connectivity index (χ3v) is 2.44. The number of esters is 1. The average molecular weight is 186 g/mol. The maximum absolute atomic E-state index is 11.3. The minimum absolute atomic E-state index is 0.229. The van der Waals surface area contributed by atoms with Crippen molar-refractivity contribution in [3.8, 4) is 0 Å². The van der Waals surface area contributed by atoms with Gasteiger partial charge >= 0.3 is 5.97 Å². The number of methoxy groups -OCH3 is 1. The number of hydrogen-bond donors (Lipinski definition) is 2. The Hall–Kier alpha value is -0.610. The lowest BCUT2D eigenvalue weighted by atomic mass is 9.85. The predicted molar refractivity (Wildman–Crippen MR) is 50.2 cm³/mol. The van der Waals surface area contributed by atoms with Gasteiger partial charge < -0.3 is 10.5 Å². The molecule has 0 amide bonds. The molecule has 4 nitrogen and oxygen atoms in total. The molecular formula is C9H18N2O2. The van der Waals surface area contributed by atoms with Crippen LogP contribution in [0.25, 0.3) is 0 Å². The quantitative estimate of drug-likeness (QED) is 0.610. The molecule has 0 radical (unpaired) electrons. The third kappa shape index (κ3) is 2.42. The molecule has 1 rings (SSSR count). The van der Waals surface area contributed by atoms with Gasteiger partial charge in [-0.1, -0.05) is 0 Å². The van der Waals surface area contributed by atoms with E-state index in [1.807, 2.05) is 13.8 Å². The van der Waals surface area contributed by atoms with Crippen molar-refractivity contribution in [2.75, 3.05) is 7.11 Å². The van der Waals surface area contributed by atoms with Gasteiger partial charge in [-0.15, -0.1) is 0 Å². The monoisotopic (exact) mass is 186 g/mol. The van der Waals surface area contributed by atoms with Crippen molar-refractivity contribution in [3.63, 3.8) is 0 Å². The Morgan fingerprint density at radius 3 is 2.46 bits per heavy atom. The summed E-state index contributed by atoms with van der Waals surface area (Å²) in [4.78, 5) is 11.3. The van der Waals surface area contributed by atoms with Crippen LogP contribution in [0.4, 0.5) is 0 Å². The second-order valence-electron chi connectivity index (χ2n) is 4.19. The first-order chi connectivity index (χ1) is 5.95. The molecule has 0 spiro atoms. The highest BCUT2D eigenvalue weighted by Crippen LogP contribution is 2.20. The summed E-state index contributed by atoms with van der Waals surface area (Å²) in [5, 5.41) is 3.22. The van der Waals surface area contributed by atoms with Crippen LogP contribution >= 0.6 is 0 Å². The molecule has 0 aromatic heterocycles. The summed E-state index contributed by atoms with van der Waals surface area (Å²) < 4.78 is 4.68. The smallest absolute Gasteiger partial charge is 0.325 e. The number of rotatable bonds is 3. The van der Waals surface area contributed by atoms with E-state index in [4.69, 9.17) is 5.73 Å². The molecule has 0 bridgehead atoms. The van der Waals surface area contributed by atoms with Crippen molar-refractivity contribution in [2.45, 2.75) is 44.3 Å². The van der Waals surface area contributed by atoms with E-state index in [0.29, 0.717) is 12.1 Å². The maximum Gasteiger partial charge on any atom is 0.325 e. The molecule has 0 atom stereocenters. The van der Waals surface area contributed by atoms with E-state index in [2.05, 4.69) is 10.1 Å². The predicted octanol–water partition coefficient (Wildman–Crippen LogP) is 0.0173. The molecule has 0 unspecified atom stereocenters. The topological polar surface area (TPSA) is 64.3 Å². The molecule has 0 heterocycles. The van der Waals surface area contributed by atoms with Gasteiger partial charge in [0.2, 0.25) is 0 Å². The Balaban J connectivity index is 2.38. The fourth-order valence-electron chi connectivity index (χ4n) is 1.60. The van der Waals surface area contributed by atoms with Gasteiger partial charge in [0.1, 0.15) is 5.54 Å². The number of nitrogens with two attached hydrogens (primary N) is 1. The summed E-state index contributed by atoms with van der Waals surface area (Å²) in [7, 11) is 1.40. The van der Waals surface area contributed by atoms with Gasteiger partial charge in [-0.05, 0) is 26.7 Å². The van der Waals surface area contributed by atoms with Crippen molar-refractivity contribution >= 4 is 5.97 Å². The van der Waals surface area contributed by atoms with Gasteiger partial charge in [-0.2, -0.15) is 0 Å². The van der Waals surface area contributed by atoms with Gasteiger partial charge in [0, 0.05) is 12.1 Å². The van der Waals surface area contributed by atoms with E-state index in [-0.39, 0.29) is 5.97 Å². The SMILES string of the molecule is COC(=O)C(C)(C)NC1CC(N)C1. The molecule has 0 aromatic rings. The summed E-state index contributed by atoms with van der Waals surface area (Å²) in [5.74, 6) is -0.229. The molecule has 1 fully saturated rings. The van der Waals surface area contributed by atoms with Crippen LogP contribution in [-0.2, 0) is 9.53 Å². The van der Waals surface area contributed by atoms with Gasteiger partial charge in [0.05, 0.1) is 7.11 Å². The lowest BCUT2D eigenvalue weighted by Gasteiger charge is -2.38. The molecule has 0 aromatic carbocycles. The third-order valence-electron chi connectivity index (χ3n) is 2.44. The van der Waals surface area contributed by atoms with Gasteiger partial charge in [0.25, 0.3) is 0 Å². The number of carbonyl (C=O) groups excluding carboxylic acids is 1. The van der Waals surface area contributed by atoms with E-state index in [0.717, 1.165) is 12.8 Å². The lowest BCUT2D eigenvalue weighted by Crippen LogP contribution is -2.58. The van der Waals surface area contributed by atoms with Crippen molar-refractivity contribution in [1.82, 2.24) is 5.32 Å². The summed E-state index contributed by atoms with van der Waals surface area (Å²) in [6.07, 6.45) is 1.89. The Morgan fingerprint density at radius 1 is 1.54 bits per heavy atom. The zero-order valence-electron chi connectivity index (χ0n) is 8.46. The molecule has 1 saturated carbocycles. The second kappa shape index (κ2) is 3.64. The minimum atomic E-state index is -0.598. The Bertz CT molecular complexity index is 198. The Labute approximate surface area is 78.8 Å². The van der Waals surface area contributed by atoms with Crippen molar-refractivity contribution < 1.29 is 9.53 Å². The molecule has 1 aliphatic rings. The van der Waals surface area contributed by atoms with E-state index >= 15 is 0 Å². The fourth-order valence-corrected chi connectivity index (χ4v) is 1.60. The molecule has 4 heteroatoms. The molecule has 13 heavy (non-hydrogen) atoms. The zero-order chi connectivity index (χ0) is 10.1. The molecule has 0 saturated heterocycles. The molecule has 1 aliphatic carbocycles. The second-order valence-corrected chi connectivity index (χ2v) is 4.19. The number of carbonyl (C=O) groups is 1.